The standard InChI is InChI=1S/C23H26N6O3/c1-6-32-22(30)17-11-24-28(13-17)23-26-18-12-25-29(20(18)21(27-23)31-5)19(14(2)3)16-9-7-15(4)8-10-16/h7-14,19H,6H2,1-5H3. The summed E-state index contributed by atoms with van der Waals surface area (Å²) in [7, 11) is 1.56. The van der Waals surface area contributed by atoms with Crippen molar-refractivity contribution in [3.05, 3.63) is 59.5 Å². The third-order valence-electron chi connectivity index (χ3n) is 5.21. The Hall–Kier alpha value is -3.75. The van der Waals surface area contributed by atoms with Gasteiger partial charge in [0, 0.05) is 6.20 Å². The Bertz CT molecular complexity index is 1240. The van der Waals surface area contributed by atoms with Gasteiger partial charge in [-0.1, -0.05) is 43.7 Å². The predicted molar refractivity (Wildman–Crippen MR) is 119 cm³/mol. The van der Waals surface area contributed by atoms with E-state index in [9.17, 15) is 4.79 Å². The molecule has 9 nitrogen and oxygen atoms in total. The van der Waals surface area contributed by atoms with Gasteiger partial charge in [-0.05, 0) is 25.3 Å². The van der Waals surface area contributed by atoms with Gasteiger partial charge in [-0.2, -0.15) is 15.2 Å². The summed E-state index contributed by atoms with van der Waals surface area (Å²) in [5.41, 5.74) is 4.00. The number of nitrogens with zero attached hydrogens (tertiary/aromatic N) is 6. The van der Waals surface area contributed by atoms with Gasteiger partial charge in [0.2, 0.25) is 5.88 Å². The van der Waals surface area contributed by atoms with Crippen molar-refractivity contribution in [3.8, 4) is 11.8 Å². The average Bonchev–Trinajstić information content (AvgIpc) is 3.43. The fourth-order valence-electron chi connectivity index (χ4n) is 3.70. The molecule has 4 aromatic rings. The highest BCUT2D eigenvalue weighted by molar-refractivity contribution is 5.88. The maximum Gasteiger partial charge on any atom is 0.341 e. The average molecular weight is 435 g/mol. The minimum Gasteiger partial charge on any atom is -0.479 e. The van der Waals surface area contributed by atoms with Crippen LogP contribution in [0.15, 0.2) is 42.9 Å². The minimum absolute atomic E-state index is 0.0171. The van der Waals surface area contributed by atoms with Crippen LogP contribution in [0.25, 0.3) is 17.0 Å². The van der Waals surface area contributed by atoms with Crippen LogP contribution in [0.3, 0.4) is 0 Å². The Morgan fingerprint density at radius 2 is 1.84 bits per heavy atom. The topological polar surface area (TPSA) is 97.0 Å². The number of esters is 1. The number of aryl methyl sites for hydroxylation is 1. The second-order valence-corrected chi connectivity index (χ2v) is 7.85. The number of rotatable bonds is 7. The van der Waals surface area contributed by atoms with Crippen LogP contribution >= 0.6 is 0 Å². The van der Waals surface area contributed by atoms with Crippen molar-refractivity contribution in [2.45, 2.75) is 33.7 Å². The third kappa shape index (κ3) is 3.93. The molecule has 0 bridgehead atoms. The van der Waals surface area contributed by atoms with Gasteiger partial charge in [0.25, 0.3) is 5.95 Å². The predicted octanol–water partition coefficient (Wildman–Crippen LogP) is 3.75. The zero-order valence-corrected chi connectivity index (χ0v) is 18.8. The molecule has 0 fully saturated rings. The van der Waals surface area contributed by atoms with Crippen LogP contribution in [0.5, 0.6) is 5.88 Å². The van der Waals surface area contributed by atoms with E-state index in [1.165, 1.54) is 22.6 Å². The Labute approximate surface area is 186 Å². The summed E-state index contributed by atoms with van der Waals surface area (Å²) in [4.78, 5) is 21.1. The first-order valence-corrected chi connectivity index (χ1v) is 10.5. The molecule has 0 saturated heterocycles. The molecule has 1 atom stereocenters. The highest BCUT2D eigenvalue weighted by atomic mass is 16.5. The zero-order chi connectivity index (χ0) is 22.8. The highest BCUT2D eigenvalue weighted by Gasteiger charge is 2.25. The fourth-order valence-corrected chi connectivity index (χ4v) is 3.70. The Morgan fingerprint density at radius 1 is 1.09 bits per heavy atom. The first kappa shape index (κ1) is 21.5. The van der Waals surface area contributed by atoms with Gasteiger partial charge < -0.3 is 9.47 Å². The second kappa shape index (κ2) is 8.78. The lowest BCUT2D eigenvalue weighted by Crippen LogP contribution is -2.18. The number of hydrogen-bond acceptors (Lipinski definition) is 7. The maximum absolute atomic E-state index is 12.0. The summed E-state index contributed by atoms with van der Waals surface area (Å²) >= 11 is 0. The summed E-state index contributed by atoms with van der Waals surface area (Å²) in [6.07, 6.45) is 4.66. The molecule has 3 aromatic heterocycles. The Morgan fingerprint density at radius 3 is 2.50 bits per heavy atom. The van der Waals surface area contributed by atoms with Crippen molar-refractivity contribution < 1.29 is 14.3 Å². The number of carbonyl (C=O) groups excluding carboxylic acids is 1. The molecule has 32 heavy (non-hydrogen) atoms. The molecule has 9 heteroatoms. The lowest BCUT2D eigenvalue weighted by Gasteiger charge is -2.23. The smallest absolute Gasteiger partial charge is 0.341 e. The molecule has 1 aromatic carbocycles. The van der Waals surface area contributed by atoms with E-state index in [0.717, 1.165) is 5.56 Å². The summed E-state index contributed by atoms with van der Waals surface area (Å²) in [6.45, 7) is 8.42. The molecule has 0 aliphatic carbocycles. The van der Waals surface area contributed by atoms with Crippen molar-refractivity contribution in [1.82, 2.24) is 29.5 Å². The molecule has 4 rings (SSSR count). The number of aromatic nitrogens is 6. The van der Waals surface area contributed by atoms with E-state index in [4.69, 9.17) is 9.47 Å². The van der Waals surface area contributed by atoms with E-state index in [0.29, 0.717) is 22.5 Å². The molecule has 0 N–H and O–H groups in total. The van der Waals surface area contributed by atoms with Crippen LogP contribution in [0.2, 0.25) is 0 Å². The molecule has 0 saturated carbocycles. The number of carbonyl (C=O) groups is 1. The van der Waals surface area contributed by atoms with Crippen molar-refractivity contribution in [1.29, 1.82) is 0 Å². The van der Waals surface area contributed by atoms with Gasteiger partial charge in [-0.3, -0.25) is 0 Å². The molecular weight excluding hydrogens is 408 g/mol. The number of hydrogen-bond donors (Lipinski definition) is 0. The largest absolute Gasteiger partial charge is 0.479 e. The first-order chi connectivity index (χ1) is 15.4. The summed E-state index contributed by atoms with van der Waals surface area (Å²) in [5, 5.41) is 8.85. The summed E-state index contributed by atoms with van der Waals surface area (Å²) < 4.78 is 14.0. The molecule has 1 unspecified atom stereocenters. The van der Waals surface area contributed by atoms with Gasteiger partial charge in [0.05, 0.1) is 37.7 Å². The molecule has 166 valence electrons. The van der Waals surface area contributed by atoms with Crippen LogP contribution in [0, 0.1) is 12.8 Å². The number of fused-ring (bicyclic) bond motifs is 1. The summed E-state index contributed by atoms with van der Waals surface area (Å²) in [5.74, 6) is 0.482. The van der Waals surface area contributed by atoms with Crippen LogP contribution in [0.1, 0.15) is 48.3 Å². The van der Waals surface area contributed by atoms with Crippen LogP contribution in [-0.4, -0.2) is 49.2 Å². The van der Waals surface area contributed by atoms with Crippen molar-refractivity contribution >= 4 is 17.0 Å². The minimum atomic E-state index is -0.447. The van der Waals surface area contributed by atoms with E-state index in [2.05, 4.69) is 65.2 Å². The van der Waals surface area contributed by atoms with Crippen molar-refractivity contribution in [3.63, 3.8) is 0 Å². The van der Waals surface area contributed by atoms with E-state index < -0.39 is 5.97 Å². The van der Waals surface area contributed by atoms with E-state index in [1.807, 2.05) is 4.68 Å². The van der Waals surface area contributed by atoms with E-state index in [-0.39, 0.29) is 24.5 Å². The van der Waals surface area contributed by atoms with Gasteiger partial charge in [0.1, 0.15) is 11.0 Å². The Kier molecular flexibility index (Phi) is 5.89. The fraction of sp³-hybridized carbons (Fsp3) is 0.348. The molecule has 0 aliphatic rings. The van der Waals surface area contributed by atoms with E-state index in [1.54, 1.807) is 20.2 Å². The van der Waals surface area contributed by atoms with Crippen LogP contribution in [-0.2, 0) is 4.74 Å². The molecular formula is C23H26N6O3. The number of ether oxygens (including phenoxy) is 2. The third-order valence-corrected chi connectivity index (χ3v) is 5.21. The molecule has 0 aliphatic heterocycles. The number of benzene rings is 1. The maximum atomic E-state index is 12.0. The van der Waals surface area contributed by atoms with Gasteiger partial charge in [0.15, 0.2) is 0 Å². The van der Waals surface area contributed by atoms with E-state index >= 15 is 0 Å². The van der Waals surface area contributed by atoms with Crippen molar-refractivity contribution in [2.24, 2.45) is 5.92 Å². The molecule has 0 radical (unpaired) electrons. The lowest BCUT2D eigenvalue weighted by atomic mass is 9.95. The van der Waals surface area contributed by atoms with Gasteiger partial charge >= 0.3 is 5.97 Å². The number of methoxy groups -OCH3 is 1. The normalized spacial score (nSPS) is 12.3. The van der Waals surface area contributed by atoms with Gasteiger partial charge in [-0.15, -0.1) is 0 Å². The van der Waals surface area contributed by atoms with Crippen LogP contribution in [0.4, 0.5) is 0 Å². The highest BCUT2D eigenvalue weighted by Crippen LogP contribution is 2.32. The quantitative estimate of drug-likeness (QED) is 0.409. The van der Waals surface area contributed by atoms with Gasteiger partial charge in [-0.25, -0.2) is 19.1 Å². The summed E-state index contributed by atoms with van der Waals surface area (Å²) in [6, 6.07) is 8.42. The SMILES string of the molecule is CCOC(=O)c1cnn(-c2nc(OC)c3c(cnn3C(c3ccc(C)cc3)C(C)C)n2)c1. The monoisotopic (exact) mass is 434 g/mol. The first-order valence-electron chi connectivity index (χ1n) is 10.5. The lowest BCUT2D eigenvalue weighted by molar-refractivity contribution is 0.0526. The zero-order valence-electron chi connectivity index (χ0n) is 18.8. The second-order valence-electron chi connectivity index (χ2n) is 7.85. The Balaban J connectivity index is 1.79. The van der Waals surface area contributed by atoms with Crippen LogP contribution < -0.4 is 4.74 Å². The van der Waals surface area contributed by atoms with Crippen molar-refractivity contribution in [2.75, 3.05) is 13.7 Å². The molecule has 0 spiro atoms. The molecule has 3 heterocycles. The molecule has 0 amide bonds.